The minimum Gasteiger partial charge on any atom is -0.491 e. The predicted octanol–water partition coefficient (Wildman–Crippen LogP) is 3.62. The second-order valence-corrected chi connectivity index (χ2v) is 8.46. The van der Waals surface area contributed by atoms with Gasteiger partial charge in [0.25, 0.3) is 0 Å². The second kappa shape index (κ2) is 8.63. The maximum atomic E-state index is 12.5. The van der Waals surface area contributed by atoms with Gasteiger partial charge in [-0.3, -0.25) is 9.59 Å². The van der Waals surface area contributed by atoms with Crippen molar-refractivity contribution in [3.05, 3.63) is 42.5 Å². The zero-order valence-corrected chi connectivity index (χ0v) is 17.0. The van der Waals surface area contributed by atoms with E-state index in [0.29, 0.717) is 19.7 Å². The number of hydrogen-bond donors (Lipinski definition) is 1. The van der Waals surface area contributed by atoms with Crippen molar-refractivity contribution in [3.63, 3.8) is 0 Å². The van der Waals surface area contributed by atoms with Gasteiger partial charge in [0.1, 0.15) is 12.4 Å². The highest BCUT2D eigenvalue weighted by molar-refractivity contribution is 5.88. The predicted molar refractivity (Wildman–Crippen MR) is 111 cm³/mol. The molecule has 1 saturated heterocycles. The summed E-state index contributed by atoms with van der Waals surface area (Å²) in [6.07, 6.45) is 1.69. The third-order valence-electron chi connectivity index (χ3n) is 5.13. The molecule has 1 aliphatic rings. The molecule has 0 spiro atoms. The van der Waals surface area contributed by atoms with Gasteiger partial charge in [0.05, 0.1) is 12.5 Å². The number of piperidine rings is 1. The van der Waals surface area contributed by atoms with E-state index in [1.807, 2.05) is 56.0 Å². The van der Waals surface area contributed by atoms with Gasteiger partial charge in [-0.1, -0.05) is 57.2 Å². The molecule has 150 valence electrons. The van der Waals surface area contributed by atoms with Crippen LogP contribution in [0.15, 0.2) is 42.5 Å². The summed E-state index contributed by atoms with van der Waals surface area (Å²) in [4.78, 5) is 26.9. The molecule has 0 radical (unpaired) electrons. The Morgan fingerprint density at radius 3 is 2.68 bits per heavy atom. The molecule has 1 N–H and O–H groups in total. The van der Waals surface area contributed by atoms with Gasteiger partial charge in [-0.2, -0.15) is 0 Å². The molecule has 28 heavy (non-hydrogen) atoms. The molecule has 2 aromatic rings. The van der Waals surface area contributed by atoms with Crippen LogP contribution in [0.4, 0.5) is 0 Å². The number of ether oxygens (including phenoxy) is 1. The van der Waals surface area contributed by atoms with E-state index in [1.165, 1.54) is 0 Å². The molecule has 1 unspecified atom stereocenters. The summed E-state index contributed by atoms with van der Waals surface area (Å²) in [7, 11) is 0. The van der Waals surface area contributed by atoms with Gasteiger partial charge in [-0.15, -0.1) is 0 Å². The highest BCUT2D eigenvalue weighted by atomic mass is 16.5. The largest absolute Gasteiger partial charge is 0.491 e. The second-order valence-electron chi connectivity index (χ2n) is 8.46. The zero-order valence-electron chi connectivity index (χ0n) is 17.0. The average molecular weight is 383 g/mol. The molecule has 5 heteroatoms. The SMILES string of the molecule is CC(C)(C)C(=O)N1CCCC(C(=O)NCCOc2cccc3ccccc23)C1. The standard InChI is InChI=1S/C23H30N2O3/c1-23(2,3)22(27)25-14-7-10-18(16-25)21(26)24-13-15-28-20-12-6-9-17-8-4-5-11-19(17)20/h4-6,8-9,11-12,18H,7,10,13-16H2,1-3H3,(H,24,26). The fourth-order valence-corrected chi connectivity index (χ4v) is 3.65. The van der Waals surface area contributed by atoms with Crippen LogP contribution >= 0.6 is 0 Å². The van der Waals surface area contributed by atoms with Crippen LogP contribution in [0.5, 0.6) is 5.75 Å². The molecular weight excluding hydrogens is 352 g/mol. The Hall–Kier alpha value is -2.56. The van der Waals surface area contributed by atoms with Crippen LogP contribution in [0.25, 0.3) is 10.8 Å². The fourth-order valence-electron chi connectivity index (χ4n) is 3.65. The van der Waals surface area contributed by atoms with Gasteiger partial charge >= 0.3 is 0 Å². The normalized spacial score (nSPS) is 17.4. The van der Waals surface area contributed by atoms with E-state index in [4.69, 9.17) is 4.74 Å². The van der Waals surface area contributed by atoms with E-state index in [1.54, 1.807) is 0 Å². The number of hydrogen-bond acceptors (Lipinski definition) is 3. The van der Waals surface area contributed by atoms with E-state index < -0.39 is 5.41 Å². The number of nitrogens with zero attached hydrogens (tertiary/aromatic N) is 1. The fraction of sp³-hybridized carbons (Fsp3) is 0.478. The monoisotopic (exact) mass is 382 g/mol. The van der Waals surface area contributed by atoms with Crippen molar-refractivity contribution in [1.82, 2.24) is 10.2 Å². The first-order chi connectivity index (χ1) is 13.4. The third-order valence-corrected chi connectivity index (χ3v) is 5.13. The van der Waals surface area contributed by atoms with E-state index >= 15 is 0 Å². The summed E-state index contributed by atoms with van der Waals surface area (Å²) < 4.78 is 5.88. The molecule has 1 aliphatic heterocycles. The van der Waals surface area contributed by atoms with Crippen LogP contribution in [-0.4, -0.2) is 43.0 Å². The summed E-state index contributed by atoms with van der Waals surface area (Å²) in [5.41, 5.74) is -0.412. The number of likely N-dealkylation sites (tertiary alicyclic amines) is 1. The van der Waals surface area contributed by atoms with Crippen LogP contribution in [0, 0.1) is 11.3 Å². The lowest BCUT2D eigenvalue weighted by Gasteiger charge is -2.35. The van der Waals surface area contributed by atoms with Crippen molar-refractivity contribution in [1.29, 1.82) is 0 Å². The highest BCUT2D eigenvalue weighted by Gasteiger charge is 2.33. The molecule has 1 heterocycles. The number of carbonyl (C=O) groups is 2. The van der Waals surface area contributed by atoms with E-state index in [0.717, 1.165) is 35.9 Å². The molecule has 0 aliphatic carbocycles. The Morgan fingerprint density at radius 2 is 1.89 bits per heavy atom. The Morgan fingerprint density at radius 1 is 1.14 bits per heavy atom. The number of rotatable bonds is 5. The summed E-state index contributed by atoms with van der Waals surface area (Å²) in [6, 6.07) is 14.1. The molecule has 1 fully saturated rings. The lowest BCUT2D eigenvalue weighted by Crippen LogP contribution is -2.49. The van der Waals surface area contributed by atoms with Crippen LogP contribution in [0.3, 0.4) is 0 Å². The Labute approximate surface area is 167 Å². The van der Waals surface area contributed by atoms with Crippen molar-refractivity contribution in [2.75, 3.05) is 26.2 Å². The van der Waals surface area contributed by atoms with Crippen molar-refractivity contribution < 1.29 is 14.3 Å². The maximum Gasteiger partial charge on any atom is 0.227 e. The minimum absolute atomic E-state index is 0.00734. The van der Waals surface area contributed by atoms with Crippen LogP contribution < -0.4 is 10.1 Å². The van der Waals surface area contributed by atoms with E-state index in [2.05, 4.69) is 17.4 Å². The number of fused-ring (bicyclic) bond motifs is 1. The van der Waals surface area contributed by atoms with Crippen molar-refractivity contribution in [2.45, 2.75) is 33.6 Å². The van der Waals surface area contributed by atoms with Gasteiger partial charge in [0.2, 0.25) is 11.8 Å². The smallest absolute Gasteiger partial charge is 0.227 e. The third kappa shape index (κ3) is 4.83. The lowest BCUT2D eigenvalue weighted by molar-refractivity contribution is -0.142. The molecular formula is C23H30N2O3. The number of carbonyl (C=O) groups excluding carboxylic acids is 2. The molecule has 1 atom stereocenters. The molecule has 2 aromatic carbocycles. The topological polar surface area (TPSA) is 58.6 Å². The molecule has 0 saturated carbocycles. The molecule has 3 rings (SSSR count). The minimum atomic E-state index is -0.412. The average Bonchev–Trinajstić information content (AvgIpc) is 2.70. The summed E-state index contributed by atoms with van der Waals surface area (Å²) in [5.74, 6) is 0.807. The summed E-state index contributed by atoms with van der Waals surface area (Å²) >= 11 is 0. The zero-order chi connectivity index (χ0) is 20.1. The maximum absolute atomic E-state index is 12.5. The van der Waals surface area contributed by atoms with Crippen LogP contribution in [-0.2, 0) is 9.59 Å². The number of amides is 2. The first-order valence-electron chi connectivity index (χ1n) is 10.0. The van der Waals surface area contributed by atoms with Gasteiger partial charge in [0, 0.05) is 23.9 Å². The van der Waals surface area contributed by atoms with Crippen molar-refractivity contribution in [2.24, 2.45) is 11.3 Å². The molecule has 5 nitrogen and oxygen atoms in total. The van der Waals surface area contributed by atoms with E-state index in [-0.39, 0.29) is 17.7 Å². The molecule has 2 amide bonds. The summed E-state index contributed by atoms with van der Waals surface area (Å²) in [5, 5.41) is 5.17. The van der Waals surface area contributed by atoms with E-state index in [9.17, 15) is 9.59 Å². The first-order valence-corrected chi connectivity index (χ1v) is 10.0. The lowest BCUT2D eigenvalue weighted by atomic mass is 9.91. The Balaban J connectivity index is 1.48. The van der Waals surface area contributed by atoms with Gasteiger partial charge < -0.3 is 15.0 Å². The summed E-state index contributed by atoms with van der Waals surface area (Å²) in [6.45, 7) is 7.87. The van der Waals surface area contributed by atoms with Gasteiger partial charge in [0.15, 0.2) is 0 Å². The number of benzene rings is 2. The number of nitrogens with one attached hydrogen (secondary N) is 1. The Bertz CT molecular complexity index is 836. The van der Waals surface area contributed by atoms with Gasteiger partial charge in [-0.05, 0) is 24.3 Å². The highest BCUT2D eigenvalue weighted by Crippen LogP contribution is 2.25. The van der Waals surface area contributed by atoms with Crippen LogP contribution in [0.1, 0.15) is 33.6 Å². The van der Waals surface area contributed by atoms with Crippen molar-refractivity contribution in [3.8, 4) is 5.75 Å². The quantitative estimate of drug-likeness (QED) is 0.804. The molecule has 0 bridgehead atoms. The van der Waals surface area contributed by atoms with Crippen molar-refractivity contribution >= 4 is 22.6 Å². The van der Waals surface area contributed by atoms with Gasteiger partial charge in [-0.25, -0.2) is 0 Å². The molecule has 0 aromatic heterocycles. The Kier molecular flexibility index (Phi) is 6.22. The van der Waals surface area contributed by atoms with Crippen LogP contribution in [0.2, 0.25) is 0 Å². The first kappa shape index (κ1) is 20.2.